The van der Waals surface area contributed by atoms with Gasteiger partial charge in [-0.2, -0.15) is 0 Å². The van der Waals surface area contributed by atoms with Crippen LogP contribution in [0.2, 0.25) is 0 Å². The first-order chi connectivity index (χ1) is 6.74. The van der Waals surface area contributed by atoms with Crippen LogP contribution in [-0.2, 0) is 0 Å². The molecule has 0 atom stereocenters. The predicted molar refractivity (Wildman–Crippen MR) is 62.0 cm³/mol. The van der Waals surface area contributed by atoms with Crippen molar-refractivity contribution in [2.45, 2.75) is 34.1 Å². The van der Waals surface area contributed by atoms with Crippen molar-refractivity contribution >= 4 is 0 Å². The summed E-state index contributed by atoms with van der Waals surface area (Å²) in [5.41, 5.74) is 0. The zero-order valence-corrected chi connectivity index (χ0v) is 9.87. The topological polar surface area (TPSA) is 29.5 Å². The Balaban J connectivity index is 0. The van der Waals surface area contributed by atoms with Crippen molar-refractivity contribution < 1.29 is 9.84 Å². The molecule has 0 radical (unpaired) electrons. The van der Waals surface area contributed by atoms with Crippen molar-refractivity contribution in [1.82, 2.24) is 0 Å². The van der Waals surface area contributed by atoms with E-state index in [9.17, 15) is 0 Å². The summed E-state index contributed by atoms with van der Waals surface area (Å²) >= 11 is 0. The Bertz CT molecular complexity index is 192. The Morgan fingerprint density at radius 1 is 1.07 bits per heavy atom. The summed E-state index contributed by atoms with van der Waals surface area (Å²) in [6, 6.07) is 6.57. The van der Waals surface area contributed by atoms with Gasteiger partial charge < -0.3 is 9.84 Å². The molecule has 0 fully saturated rings. The van der Waals surface area contributed by atoms with Crippen LogP contribution in [0.5, 0.6) is 11.5 Å². The van der Waals surface area contributed by atoms with Gasteiger partial charge in [0, 0.05) is 0 Å². The molecule has 1 rings (SSSR count). The molecular formula is C12H22O2. The van der Waals surface area contributed by atoms with Gasteiger partial charge in [-0.3, -0.25) is 0 Å². The number of hydrogen-bond donors (Lipinski definition) is 1. The molecule has 0 aromatic heterocycles. The number of ether oxygens (including phenoxy) is 1. The molecule has 14 heavy (non-hydrogen) atoms. The van der Waals surface area contributed by atoms with Crippen molar-refractivity contribution in [3.05, 3.63) is 24.3 Å². The predicted octanol–water partition coefficient (Wildman–Crippen LogP) is 3.84. The van der Waals surface area contributed by atoms with Gasteiger partial charge in [0.25, 0.3) is 0 Å². The van der Waals surface area contributed by atoms with Crippen LogP contribution < -0.4 is 4.74 Å². The third-order valence-corrected chi connectivity index (χ3v) is 1.07. The molecule has 0 amide bonds. The van der Waals surface area contributed by atoms with Crippen LogP contribution in [0.1, 0.15) is 34.1 Å². The molecule has 0 aliphatic heterocycles. The number of aromatic hydroxyl groups is 1. The number of phenols is 1. The van der Waals surface area contributed by atoms with Crippen LogP contribution in [0.15, 0.2) is 24.3 Å². The molecular weight excluding hydrogens is 176 g/mol. The fourth-order valence-electron chi connectivity index (χ4n) is 0.582. The maximum atomic E-state index is 8.80. The number of benzene rings is 1. The number of methoxy groups -OCH3 is 1. The lowest BCUT2D eigenvalue weighted by Gasteiger charge is -1.96. The molecule has 0 bridgehead atoms. The highest BCUT2D eigenvalue weighted by atomic mass is 16.5. The van der Waals surface area contributed by atoms with E-state index < -0.39 is 0 Å². The van der Waals surface area contributed by atoms with Crippen LogP contribution >= 0.6 is 0 Å². The van der Waals surface area contributed by atoms with Crippen molar-refractivity contribution in [2.24, 2.45) is 0 Å². The second-order valence-corrected chi connectivity index (χ2v) is 2.41. The monoisotopic (exact) mass is 198 g/mol. The Labute approximate surface area is 87.5 Å². The second-order valence-electron chi connectivity index (χ2n) is 2.41. The molecule has 0 saturated heterocycles. The van der Waals surface area contributed by atoms with Crippen molar-refractivity contribution in [3.8, 4) is 11.5 Å². The molecule has 0 aliphatic rings. The van der Waals surface area contributed by atoms with E-state index in [2.05, 4.69) is 13.8 Å². The quantitative estimate of drug-likeness (QED) is 0.742. The smallest absolute Gasteiger partial charge is 0.119 e. The van der Waals surface area contributed by atoms with Gasteiger partial charge in [0.05, 0.1) is 7.11 Å². The van der Waals surface area contributed by atoms with E-state index in [1.54, 1.807) is 31.4 Å². The van der Waals surface area contributed by atoms with Crippen LogP contribution in [-0.4, -0.2) is 12.2 Å². The first kappa shape index (κ1) is 15.3. The lowest BCUT2D eigenvalue weighted by atomic mass is 10.3. The number of rotatable bonds is 1. The zero-order valence-electron chi connectivity index (χ0n) is 9.87. The summed E-state index contributed by atoms with van der Waals surface area (Å²) < 4.78 is 4.86. The number of phenolic OH excluding ortho intramolecular Hbond substituents is 1. The highest BCUT2D eigenvalue weighted by Gasteiger charge is 1.87. The van der Waals surface area contributed by atoms with Crippen LogP contribution in [0, 0.1) is 0 Å². The van der Waals surface area contributed by atoms with E-state index in [-0.39, 0.29) is 5.75 Å². The van der Waals surface area contributed by atoms with Crippen molar-refractivity contribution in [3.63, 3.8) is 0 Å². The lowest BCUT2D eigenvalue weighted by Crippen LogP contribution is -1.79. The van der Waals surface area contributed by atoms with E-state index in [0.717, 1.165) is 5.75 Å². The van der Waals surface area contributed by atoms with E-state index in [1.165, 1.54) is 6.42 Å². The van der Waals surface area contributed by atoms with E-state index in [1.807, 2.05) is 13.8 Å². The SMILES string of the molecule is CC.CCC.COc1ccc(O)cc1. The first-order valence-corrected chi connectivity index (χ1v) is 5.07. The minimum Gasteiger partial charge on any atom is -0.508 e. The lowest BCUT2D eigenvalue weighted by molar-refractivity contribution is 0.412. The molecule has 1 aromatic carbocycles. The average molecular weight is 198 g/mol. The molecule has 0 saturated carbocycles. The molecule has 0 spiro atoms. The average Bonchev–Trinajstić information content (AvgIpc) is 2.23. The maximum Gasteiger partial charge on any atom is 0.119 e. The van der Waals surface area contributed by atoms with Crippen molar-refractivity contribution in [2.75, 3.05) is 7.11 Å². The van der Waals surface area contributed by atoms with Gasteiger partial charge in [-0.1, -0.05) is 34.1 Å². The molecule has 1 N–H and O–H groups in total. The summed E-state index contributed by atoms with van der Waals surface area (Å²) in [6.07, 6.45) is 1.25. The highest BCUT2D eigenvalue weighted by Crippen LogP contribution is 2.14. The van der Waals surface area contributed by atoms with Gasteiger partial charge >= 0.3 is 0 Å². The van der Waals surface area contributed by atoms with E-state index >= 15 is 0 Å². The molecule has 82 valence electrons. The van der Waals surface area contributed by atoms with Crippen LogP contribution in [0.4, 0.5) is 0 Å². The fraction of sp³-hybridized carbons (Fsp3) is 0.500. The Hall–Kier alpha value is -1.18. The summed E-state index contributed by atoms with van der Waals surface area (Å²) in [5, 5.41) is 8.80. The largest absolute Gasteiger partial charge is 0.508 e. The van der Waals surface area contributed by atoms with Gasteiger partial charge in [0.1, 0.15) is 11.5 Å². The van der Waals surface area contributed by atoms with Gasteiger partial charge in [-0.05, 0) is 24.3 Å². The van der Waals surface area contributed by atoms with Gasteiger partial charge in [0.15, 0.2) is 0 Å². The summed E-state index contributed by atoms with van der Waals surface area (Å²) in [7, 11) is 1.59. The molecule has 0 aliphatic carbocycles. The minimum atomic E-state index is 0.260. The summed E-state index contributed by atoms with van der Waals surface area (Å²) in [4.78, 5) is 0. The Kier molecular flexibility index (Phi) is 12.9. The van der Waals surface area contributed by atoms with Gasteiger partial charge in [-0.25, -0.2) is 0 Å². The fourth-order valence-corrected chi connectivity index (χ4v) is 0.582. The van der Waals surface area contributed by atoms with E-state index in [0.29, 0.717) is 0 Å². The normalized spacial score (nSPS) is 7.50. The molecule has 2 nitrogen and oxygen atoms in total. The first-order valence-electron chi connectivity index (χ1n) is 5.07. The van der Waals surface area contributed by atoms with Gasteiger partial charge in [-0.15, -0.1) is 0 Å². The molecule has 0 heterocycles. The Morgan fingerprint density at radius 3 is 1.71 bits per heavy atom. The third-order valence-electron chi connectivity index (χ3n) is 1.07. The van der Waals surface area contributed by atoms with Crippen molar-refractivity contribution in [1.29, 1.82) is 0 Å². The number of hydrogen-bond acceptors (Lipinski definition) is 2. The van der Waals surface area contributed by atoms with Gasteiger partial charge in [0.2, 0.25) is 0 Å². The summed E-state index contributed by atoms with van der Waals surface area (Å²) in [6.45, 7) is 8.25. The molecule has 1 aromatic rings. The molecule has 0 unspecified atom stereocenters. The maximum absolute atomic E-state index is 8.80. The van der Waals surface area contributed by atoms with Crippen LogP contribution in [0.25, 0.3) is 0 Å². The third kappa shape index (κ3) is 8.91. The highest BCUT2D eigenvalue weighted by molar-refractivity contribution is 5.29. The zero-order chi connectivity index (χ0) is 11.4. The minimum absolute atomic E-state index is 0.260. The standard InChI is InChI=1S/C7H8O2.C3H8.C2H6/c1-9-7-4-2-6(8)3-5-7;1-3-2;1-2/h2-5,8H,1H3;3H2,1-2H3;1-2H3. The van der Waals surface area contributed by atoms with Crippen LogP contribution in [0.3, 0.4) is 0 Å². The Morgan fingerprint density at radius 2 is 1.43 bits per heavy atom. The summed E-state index contributed by atoms with van der Waals surface area (Å²) in [5.74, 6) is 1.02. The molecule has 2 heteroatoms. The second kappa shape index (κ2) is 11.8. The van der Waals surface area contributed by atoms with E-state index in [4.69, 9.17) is 9.84 Å².